The first kappa shape index (κ1) is 55.3. The van der Waals surface area contributed by atoms with Crippen LogP contribution in [-0.4, -0.2) is 80.6 Å². The summed E-state index contributed by atoms with van der Waals surface area (Å²) in [6, 6.07) is -0.617. The van der Waals surface area contributed by atoms with E-state index < -0.39 is 18.1 Å². The molecule has 0 aliphatic heterocycles. The summed E-state index contributed by atoms with van der Waals surface area (Å²) in [6.45, 7) is 4.61. The van der Waals surface area contributed by atoms with Crippen LogP contribution in [0.15, 0.2) is 48.6 Å². The number of nitrogens with zero attached hydrogens (tertiary/aromatic N) is 1. The predicted molar refractivity (Wildman–Crippen MR) is 243 cm³/mol. The maximum atomic E-state index is 12.8. The smallest absolute Gasteiger partial charge is 0.362 e. The molecule has 0 saturated heterocycles. The largest absolute Gasteiger partial charge is 0.477 e. The fourth-order valence-corrected chi connectivity index (χ4v) is 6.83. The number of allylic oxidation sites excluding steroid dienone is 8. The molecule has 0 fully saturated rings. The van der Waals surface area contributed by atoms with E-state index in [0.717, 1.165) is 57.8 Å². The van der Waals surface area contributed by atoms with E-state index in [-0.39, 0.29) is 36.2 Å². The fourth-order valence-electron chi connectivity index (χ4n) is 6.83. The number of carboxylic acids is 1. The van der Waals surface area contributed by atoms with Crippen molar-refractivity contribution in [3.05, 3.63) is 48.6 Å². The number of ether oxygens (including phenoxy) is 3. The Hall–Kier alpha value is -2.71. The Morgan fingerprint density at radius 1 is 0.552 bits per heavy atom. The van der Waals surface area contributed by atoms with Gasteiger partial charge in [0.25, 0.3) is 0 Å². The van der Waals surface area contributed by atoms with Crippen molar-refractivity contribution in [1.82, 2.24) is 0 Å². The zero-order valence-electron chi connectivity index (χ0n) is 38.2. The molecule has 0 bridgehead atoms. The highest BCUT2D eigenvalue weighted by molar-refractivity contribution is 5.72. The highest BCUT2D eigenvalue weighted by Crippen LogP contribution is 2.15. The van der Waals surface area contributed by atoms with Gasteiger partial charge in [0, 0.05) is 19.3 Å². The molecule has 0 spiro atoms. The third kappa shape index (κ3) is 38.8. The molecule has 0 radical (unpaired) electrons. The average Bonchev–Trinajstić information content (AvgIpc) is 3.18. The standard InChI is InChI=1S/C50H89NO7/c1-6-8-10-12-14-16-18-20-22-23-24-25-26-27-29-31-33-35-37-39-41-49(53)58-46(44-56-43-42-47(50(54)55)51(3,4)5)45-57-48(52)40-38-36-34-32-30-28-21-19-17-15-13-11-9-7-2/h9,11,15-18,20,22,46-47H,6-8,10,12-14,19,21,23-45H2,1-5H3/p+1/b11-9+,17-15+,18-16+,22-20+. The van der Waals surface area contributed by atoms with Crippen molar-refractivity contribution in [2.24, 2.45) is 0 Å². The van der Waals surface area contributed by atoms with E-state index >= 15 is 0 Å². The molecule has 0 aliphatic carbocycles. The summed E-state index contributed by atoms with van der Waals surface area (Å²) in [5, 5.41) is 9.63. The molecule has 0 heterocycles. The Balaban J connectivity index is 4.29. The number of likely N-dealkylation sites (N-methyl/N-ethyl adjacent to an activating group) is 1. The molecule has 0 aromatic rings. The third-order valence-electron chi connectivity index (χ3n) is 10.5. The van der Waals surface area contributed by atoms with Crippen LogP contribution in [0, 0.1) is 0 Å². The molecule has 0 rings (SSSR count). The van der Waals surface area contributed by atoms with Crippen LogP contribution < -0.4 is 0 Å². The molecule has 0 aliphatic rings. The van der Waals surface area contributed by atoms with E-state index in [1.165, 1.54) is 109 Å². The third-order valence-corrected chi connectivity index (χ3v) is 10.5. The quantitative estimate of drug-likeness (QED) is 0.0215. The first-order chi connectivity index (χ1) is 28.1. The summed E-state index contributed by atoms with van der Waals surface area (Å²) >= 11 is 0. The molecule has 2 atom stereocenters. The van der Waals surface area contributed by atoms with Crippen molar-refractivity contribution in [2.75, 3.05) is 41.0 Å². The average molecular weight is 817 g/mol. The molecule has 2 unspecified atom stereocenters. The van der Waals surface area contributed by atoms with E-state index in [1.54, 1.807) is 0 Å². The van der Waals surface area contributed by atoms with E-state index in [9.17, 15) is 19.5 Å². The molecule has 8 nitrogen and oxygen atoms in total. The van der Waals surface area contributed by atoms with Crippen LogP contribution in [0.5, 0.6) is 0 Å². The van der Waals surface area contributed by atoms with Gasteiger partial charge in [-0.15, -0.1) is 0 Å². The fraction of sp³-hybridized carbons (Fsp3) is 0.780. The predicted octanol–water partition coefficient (Wildman–Crippen LogP) is 13.2. The van der Waals surface area contributed by atoms with Crippen LogP contribution in [0.4, 0.5) is 0 Å². The van der Waals surface area contributed by atoms with E-state index in [4.69, 9.17) is 14.2 Å². The first-order valence-electron chi connectivity index (χ1n) is 23.7. The topological polar surface area (TPSA) is 99.1 Å². The second-order valence-corrected chi connectivity index (χ2v) is 17.0. The van der Waals surface area contributed by atoms with Gasteiger partial charge in [0.05, 0.1) is 34.4 Å². The second-order valence-electron chi connectivity index (χ2n) is 17.0. The van der Waals surface area contributed by atoms with Crippen LogP contribution in [0.25, 0.3) is 0 Å². The number of rotatable bonds is 42. The number of esters is 2. The van der Waals surface area contributed by atoms with Crippen LogP contribution in [0.2, 0.25) is 0 Å². The van der Waals surface area contributed by atoms with Crippen LogP contribution >= 0.6 is 0 Å². The van der Waals surface area contributed by atoms with Gasteiger partial charge in [-0.2, -0.15) is 0 Å². The van der Waals surface area contributed by atoms with Gasteiger partial charge in [-0.3, -0.25) is 9.59 Å². The summed E-state index contributed by atoms with van der Waals surface area (Å²) in [6.07, 6.45) is 48.6. The van der Waals surface area contributed by atoms with Gasteiger partial charge in [-0.1, -0.05) is 165 Å². The zero-order valence-corrected chi connectivity index (χ0v) is 38.2. The van der Waals surface area contributed by atoms with Crippen molar-refractivity contribution in [2.45, 2.75) is 212 Å². The van der Waals surface area contributed by atoms with Crippen molar-refractivity contribution < 1.29 is 38.2 Å². The first-order valence-corrected chi connectivity index (χ1v) is 23.7. The van der Waals surface area contributed by atoms with Gasteiger partial charge in [0.15, 0.2) is 12.1 Å². The van der Waals surface area contributed by atoms with Crippen molar-refractivity contribution >= 4 is 17.9 Å². The van der Waals surface area contributed by atoms with E-state index in [2.05, 4.69) is 62.5 Å². The van der Waals surface area contributed by atoms with Gasteiger partial charge in [0.1, 0.15) is 6.61 Å². The summed E-state index contributed by atoms with van der Waals surface area (Å²) in [5.41, 5.74) is 0. The maximum absolute atomic E-state index is 12.8. The minimum Gasteiger partial charge on any atom is -0.477 e. The normalized spacial score (nSPS) is 13.3. The number of carboxylic acid groups (broad SMARTS) is 1. The van der Waals surface area contributed by atoms with Gasteiger partial charge in [-0.05, 0) is 64.2 Å². The maximum Gasteiger partial charge on any atom is 0.362 e. The summed E-state index contributed by atoms with van der Waals surface area (Å²) in [7, 11) is 5.53. The molecule has 0 saturated carbocycles. The lowest BCUT2D eigenvalue weighted by molar-refractivity contribution is -0.887. The van der Waals surface area contributed by atoms with Crippen molar-refractivity contribution in [3.63, 3.8) is 0 Å². The molecule has 0 aromatic carbocycles. The Morgan fingerprint density at radius 3 is 1.52 bits per heavy atom. The number of hydrogen-bond donors (Lipinski definition) is 1. The van der Waals surface area contributed by atoms with Gasteiger partial charge < -0.3 is 23.8 Å². The molecule has 1 N–H and O–H groups in total. The lowest BCUT2D eigenvalue weighted by Crippen LogP contribution is -2.50. The van der Waals surface area contributed by atoms with E-state index in [0.29, 0.717) is 19.3 Å². The SMILES string of the molecule is CC/C=C/C/C=C/CCCCCCCCCC(=O)OCC(COCCC(C(=O)O)[N+](C)(C)C)OC(=O)CCCCCCCCCCCC/C=C/C=C/CCCCCC. The molecule has 8 heteroatoms. The van der Waals surface area contributed by atoms with Crippen molar-refractivity contribution in [3.8, 4) is 0 Å². The second kappa shape index (κ2) is 41.0. The van der Waals surface area contributed by atoms with Crippen LogP contribution in [0.1, 0.15) is 200 Å². The Morgan fingerprint density at radius 2 is 1.02 bits per heavy atom. The number of carbonyl (C=O) groups is 3. The summed E-state index contributed by atoms with van der Waals surface area (Å²) in [5.74, 6) is -1.48. The lowest BCUT2D eigenvalue weighted by atomic mass is 10.1. The molecular weight excluding hydrogens is 727 g/mol. The Bertz CT molecular complexity index is 1090. The molecule has 336 valence electrons. The number of quaternary nitrogens is 1. The number of carbonyl (C=O) groups excluding carboxylic acids is 2. The van der Waals surface area contributed by atoms with Crippen LogP contribution in [0.3, 0.4) is 0 Å². The lowest BCUT2D eigenvalue weighted by Gasteiger charge is -2.31. The number of aliphatic carboxylic acids is 1. The van der Waals surface area contributed by atoms with Crippen molar-refractivity contribution in [1.29, 1.82) is 0 Å². The number of unbranched alkanes of at least 4 members (excludes halogenated alkanes) is 21. The number of hydrogen-bond acceptors (Lipinski definition) is 6. The monoisotopic (exact) mass is 817 g/mol. The highest BCUT2D eigenvalue weighted by Gasteiger charge is 2.31. The summed E-state index contributed by atoms with van der Waals surface area (Å²) < 4.78 is 17.3. The molecule has 0 amide bonds. The summed E-state index contributed by atoms with van der Waals surface area (Å²) in [4.78, 5) is 37.0. The minimum atomic E-state index is -0.877. The van der Waals surface area contributed by atoms with E-state index in [1.807, 2.05) is 21.1 Å². The zero-order chi connectivity index (χ0) is 42.8. The minimum absolute atomic E-state index is 0.0566. The van der Waals surface area contributed by atoms with Gasteiger partial charge in [-0.25, -0.2) is 4.79 Å². The Labute approximate surface area is 356 Å². The highest BCUT2D eigenvalue weighted by atomic mass is 16.6. The Kier molecular flexibility index (Phi) is 39.1. The molecular formula is C50H90NO7+. The van der Waals surface area contributed by atoms with Crippen LogP contribution in [-0.2, 0) is 28.6 Å². The van der Waals surface area contributed by atoms with Gasteiger partial charge in [0.2, 0.25) is 0 Å². The van der Waals surface area contributed by atoms with Gasteiger partial charge >= 0.3 is 17.9 Å². The molecule has 0 aromatic heterocycles. The molecule has 58 heavy (non-hydrogen) atoms.